The Bertz CT molecular complexity index is 431. The molecule has 6 heteroatoms. The molecule has 98 valence electrons. The van der Waals surface area contributed by atoms with E-state index in [0.29, 0.717) is 22.8 Å². The molecule has 0 aliphatic heterocycles. The minimum atomic E-state index is -0.622. The van der Waals surface area contributed by atoms with Gasteiger partial charge in [-0.3, -0.25) is 10.0 Å². The number of hydrogen-bond donors (Lipinski definition) is 2. The van der Waals surface area contributed by atoms with Crippen molar-refractivity contribution in [3.63, 3.8) is 0 Å². The molecule has 0 fully saturated rings. The van der Waals surface area contributed by atoms with Gasteiger partial charge in [-0.25, -0.2) is 5.48 Å². The zero-order valence-electron chi connectivity index (χ0n) is 10.4. The Hall–Kier alpha value is -2.21. The highest BCUT2D eigenvalue weighted by atomic mass is 16.5. The summed E-state index contributed by atoms with van der Waals surface area (Å²) in [5.74, 6) is 0.828. The quantitative estimate of drug-likeness (QED) is 0.469. The molecule has 0 saturated carbocycles. The second kappa shape index (κ2) is 6.51. The first-order valence-electron chi connectivity index (χ1n) is 5.08. The first-order valence-corrected chi connectivity index (χ1v) is 5.08. The van der Waals surface area contributed by atoms with Gasteiger partial charge >= 0.3 is 0 Å². The third-order valence-electron chi connectivity index (χ3n) is 2.22. The van der Waals surface area contributed by atoms with Gasteiger partial charge in [0, 0.05) is 6.08 Å². The highest BCUT2D eigenvalue weighted by Crippen LogP contribution is 2.38. The van der Waals surface area contributed by atoms with Crippen LogP contribution in [0.15, 0.2) is 18.2 Å². The maximum absolute atomic E-state index is 10.9. The standard InChI is InChI=1S/C12H15NO5/c1-16-9-6-8(4-5-11(14)13-15)7-10(17-2)12(9)18-3/h4-7,15H,1-3H3,(H,13,14). The highest BCUT2D eigenvalue weighted by Gasteiger charge is 2.11. The van der Waals surface area contributed by atoms with E-state index in [1.54, 1.807) is 12.1 Å². The second-order valence-corrected chi connectivity index (χ2v) is 3.27. The van der Waals surface area contributed by atoms with Crippen molar-refractivity contribution >= 4 is 12.0 Å². The smallest absolute Gasteiger partial charge is 0.267 e. The molecule has 0 aliphatic carbocycles. The summed E-state index contributed by atoms with van der Waals surface area (Å²) in [4.78, 5) is 10.9. The summed E-state index contributed by atoms with van der Waals surface area (Å²) in [7, 11) is 4.52. The summed E-state index contributed by atoms with van der Waals surface area (Å²) in [6.07, 6.45) is 2.69. The van der Waals surface area contributed by atoms with Crippen molar-refractivity contribution in [3.8, 4) is 17.2 Å². The van der Waals surface area contributed by atoms with Crippen molar-refractivity contribution < 1.29 is 24.2 Å². The first kappa shape index (κ1) is 13.9. The number of rotatable bonds is 5. The van der Waals surface area contributed by atoms with Gasteiger partial charge in [0.15, 0.2) is 11.5 Å². The van der Waals surface area contributed by atoms with Crippen molar-refractivity contribution in [1.82, 2.24) is 5.48 Å². The van der Waals surface area contributed by atoms with E-state index in [4.69, 9.17) is 19.4 Å². The van der Waals surface area contributed by atoms with E-state index in [9.17, 15) is 4.79 Å². The zero-order chi connectivity index (χ0) is 13.5. The summed E-state index contributed by atoms with van der Waals surface area (Å²) in [5, 5.41) is 8.38. The summed E-state index contributed by atoms with van der Waals surface area (Å²) in [6, 6.07) is 3.37. The van der Waals surface area contributed by atoms with Gasteiger partial charge in [-0.15, -0.1) is 0 Å². The van der Waals surface area contributed by atoms with E-state index >= 15 is 0 Å². The molecule has 0 unspecified atom stereocenters. The van der Waals surface area contributed by atoms with Crippen LogP contribution in [0.5, 0.6) is 17.2 Å². The summed E-state index contributed by atoms with van der Waals surface area (Å²) in [5.41, 5.74) is 2.18. The lowest BCUT2D eigenvalue weighted by Gasteiger charge is -2.12. The Labute approximate surface area is 105 Å². The van der Waals surface area contributed by atoms with Crippen molar-refractivity contribution in [3.05, 3.63) is 23.8 Å². The van der Waals surface area contributed by atoms with Crippen LogP contribution in [-0.2, 0) is 4.79 Å². The zero-order valence-corrected chi connectivity index (χ0v) is 10.4. The van der Waals surface area contributed by atoms with Gasteiger partial charge in [0.1, 0.15) is 0 Å². The predicted octanol–water partition coefficient (Wildman–Crippen LogP) is 1.23. The van der Waals surface area contributed by atoms with E-state index < -0.39 is 5.91 Å². The lowest BCUT2D eigenvalue weighted by Crippen LogP contribution is -2.14. The summed E-state index contributed by atoms with van der Waals surface area (Å²) >= 11 is 0. The van der Waals surface area contributed by atoms with Gasteiger partial charge in [-0.05, 0) is 23.8 Å². The fourth-order valence-corrected chi connectivity index (χ4v) is 1.41. The molecule has 0 heterocycles. The molecule has 1 amide bonds. The highest BCUT2D eigenvalue weighted by molar-refractivity contribution is 5.91. The molecule has 0 radical (unpaired) electrons. The van der Waals surface area contributed by atoms with E-state index in [0.717, 1.165) is 0 Å². The van der Waals surface area contributed by atoms with Crippen LogP contribution in [0.4, 0.5) is 0 Å². The van der Waals surface area contributed by atoms with Crippen LogP contribution in [-0.4, -0.2) is 32.4 Å². The number of amides is 1. The topological polar surface area (TPSA) is 77.0 Å². The number of benzene rings is 1. The van der Waals surface area contributed by atoms with Crippen LogP contribution in [0.2, 0.25) is 0 Å². The number of carbonyl (C=O) groups is 1. The van der Waals surface area contributed by atoms with Crippen molar-refractivity contribution in [1.29, 1.82) is 0 Å². The molecule has 0 atom stereocenters. The van der Waals surface area contributed by atoms with Crippen LogP contribution in [0, 0.1) is 0 Å². The average Bonchev–Trinajstić information content (AvgIpc) is 2.43. The minimum absolute atomic E-state index is 0.476. The Morgan fingerprint density at radius 1 is 1.17 bits per heavy atom. The van der Waals surface area contributed by atoms with Crippen molar-refractivity contribution in [2.24, 2.45) is 0 Å². The van der Waals surface area contributed by atoms with E-state index in [1.165, 1.54) is 39.0 Å². The Balaban J connectivity index is 3.15. The fraction of sp³-hybridized carbons (Fsp3) is 0.250. The van der Waals surface area contributed by atoms with E-state index in [1.807, 2.05) is 0 Å². The molecule has 1 aromatic rings. The molecule has 6 nitrogen and oxygen atoms in total. The predicted molar refractivity (Wildman–Crippen MR) is 65.1 cm³/mol. The van der Waals surface area contributed by atoms with Gasteiger partial charge in [0.05, 0.1) is 21.3 Å². The maximum Gasteiger partial charge on any atom is 0.267 e. The third-order valence-corrected chi connectivity index (χ3v) is 2.22. The normalized spacial score (nSPS) is 10.2. The molecule has 0 spiro atoms. The van der Waals surface area contributed by atoms with Crippen LogP contribution in [0.3, 0.4) is 0 Å². The van der Waals surface area contributed by atoms with E-state index in [2.05, 4.69) is 0 Å². The fourth-order valence-electron chi connectivity index (χ4n) is 1.41. The van der Waals surface area contributed by atoms with Crippen LogP contribution in [0.25, 0.3) is 6.08 Å². The number of nitrogens with one attached hydrogen (secondary N) is 1. The lowest BCUT2D eigenvalue weighted by molar-refractivity contribution is -0.124. The third kappa shape index (κ3) is 3.14. The minimum Gasteiger partial charge on any atom is -0.493 e. The number of hydrogen-bond acceptors (Lipinski definition) is 5. The van der Waals surface area contributed by atoms with Gasteiger partial charge in [-0.2, -0.15) is 0 Å². The number of methoxy groups -OCH3 is 3. The number of carbonyl (C=O) groups excluding carboxylic acids is 1. The lowest BCUT2D eigenvalue weighted by atomic mass is 10.1. The molecule has 0 aromatic heterocycles. The summed E-state index contributed by atoms with van der Waals surface area (Å²) in [6.45, 7) is 0. The molecule has 0 saturated heterocycles. The van der Waals surface area contributed by atoms with Gasteiger partial charge in [-0.1, -0.05) is 0 Å². The van der Waals surface area contributed by atoms with Crippen LogP contribution in [0.1, 0.15) is 5.56 Å². The molecule has 18 heavy (non-hydrogen) atoms. The first-order chi connectivity index (χ1) is 8.65. The average molecular weight is 253 g/mol. The maximum atomic E-state index is 10.9. The Morgan fingerprint density at radius 2 is 1.72 bits per heavy atom. The molecule has 1 aromatic carbocycles. The van der Waals surface area contributed by atoms with Crippen molar-refractivity contribution in [2.75, 3.05) is 21.3 Å². The molecule has 0 aliphatic rings. The van der Waals surface area contributed by atoms with Crippen molar-refractivity contribution in [2.45, 2.75) is 0 Å². The van der Waals surface area contributed by atoms with Gasteiger partial charge < -0.3 is 14.2 Å². The number of ether oxygens (including phenoxy) is 3. The Morgan fingerprint density at radius 3 is 2.11 bits per heavy atom. The molecule has 2 N–H and O–H groups in total. The van der Waals surface area contributed by atoms with Gasteiger partial charge in [0.25, 0.3) is 5.91 Å². The monoisotopic (exact) mass is 253 g/mol. The molecule has 1 rings (SSSR count). The Kier molecular flexibility index (Phi) is 5.01. The van der Waals surface area contributed by atoms with E-state index in [-0.39, 0.29) is 0 Å². The largest absolute Gasteiger partial charge is 0.493 e. The van der Waals surface area contributed by atoms with Crippen LogP contribution < -0.4 is 19.7 Å². The summed E-state index contributed by atoms with van der Waals surface area (Å²) < 4.78 is 15.5. The van der Waals surface area contributed by atoms with Gasteiger partial charge in [0.2, 0.25) is 5.75 Å². The van der Waals surface area contributed by atoms with Crippen LogP contribution >= 0.6 is 0 Å². The SMILES string of the molecule is COc1cc(C=CC(=O)NO)cc(OC)c1OC. The number of hydroxylamine groups is 1. The molecular weight excluding hydrogens is 238 g/mol. The molecule has 0 bridgehead atoms. The second-order valence-electron chi connectivity index (χ2n) is 3.27. The molecular formula is C12H15NO5.